The molecular formula is C15H18N4O. The van der Waals surface area contributed by atoms with Crippen molar-refractivity contribution in [3.63, 3.8) is 0 Å². The molecule has 4 rings (SSSR count). The van der Waals surface area contributed by atoms with Gasteiger partial charge in [-0.25, -0.2) is 9.31 Å². The SMILES string of the molecule is O=C(NC[C@@]12CCC[C@@H]1C2)Nc1cccn2nccc12. The lowest BCUT2D eigenvalue weighted by Crippen LogP contribution is -2.34. The number of rotatable bonds is 3. The third-order valence-electron chi connectivity index (χ3n) is 4.87. The van der Waals surface area contributed by atoms with Crippen molar-refractivity contribution < 1.29 is 4.79 Å². The predicted molar refractivity (Wildman–Crippen MR) is 76.6 cm³/mol. The molecule has 2 heterocycles. The van der Waals surface area contributed by atoms with Crippen molar-refractivity contribution in [2.24, 2.45) is 11.3 Å². The van der Waals surface area contributed by atoms with Crippen LogP contribution in [0.3, 0.4) is 0 Å². The van der Waals surface area contributed by atoms with Crippen LogP contribution in [0.2, 0.25) is 0 Å². The molecule has 104 valence electrons. The van der Waals surface area contributed by atoms with Gasteiger partial charge in [0.1, 0.15) is 0 Å². The van der Waals surface area contributed by atoms with Gasteiger partial charge in [-0.2, -0.15) is 5.10 Å². The summed E-state index contributed by atoms with van der Waals surface area (Å²) >= 11 is 0. The lowest BCUT2D eigenvalue weighted by molar-refractivity contribution is 0.249. The molecule has 0 unspecified atom stereocenters. The number of carbonyl (C=O) groups is 1. The Hall–Kier alpha value is -2.04. The molecule has 2 saturated carbocycles. The molecule has 2 N–H and O–H groups in total. The summed E-state index contributed by atoms with van der Waals surface area (Å²) in [4.78, 5) is 12.0. The quantitative estimate of drug-likeness (QED) is 0.900. The monoisotopic (exact) mass is 270 g/mol. The fourth-order valence-electron chi connectivity index (χ4n) is 3.63. The van der Waals surface area contributed by atoms with Gasteiger partial charge in [-0.05, 0) is 48.8 Å². The van der Waals surface area contributed by atoms with Gasteiger partial charge in [0.2, 0.25) is 0 Å². The highest BCUT2D eigenvalue weighted by Crippen LogP contribution is 2.63. The van der Waals surface area contributed by atoms with Gasteiger partial charge in [0.05, 0.1) is 17.4 Å². The van der Waals surface area contributed by atoms with E-state index in [4.69, 9.17) is 0 Å². The number of urea groups is 1. The molecule has 2 fully saturated rings. The molecular weight excluding hydrogens is 252 g/mol. The lowest BCUT2D eigenvalue weighted by Gasteiger charge is -2.14. The highest BCUT2D eigenvalue weighted by atomic mass is 16.2. The maximum absolute atomic E-state index is 12.0. The van der Waals surface area contributed by atoms with E-state index in [1.807, 2.05) is 24.4 Å². The summed E-state index contributed by atoms with van der Waals surface area (Å²) in [5.74, 6) is 0.862. The smallest absolute Gasteiger partial charge is 0.319 e. The van der Waals surface area contributed by atoms with E-state index in [0.29, 0.717) is 5.41 Å². The van der Waals surface area contributed by atoms with Crippen molar-refractivity contribution >= 4 is 17.2 Å². The Morgan fingerprint density at radius 2 is 2.45 bits per heavy atom. The second-order valence-corrected chi connectivity index (χ2v) is 6.05. The molecule has 0 saturated heterocycles. The second-order valence-electron chi connectivity index (χ2n) is 6.05. The summed E-state index contributed by atoms with van der Waals surface area (Å²) in [5, 5.41) is 10.1. The van der Waals surface area contributed by atoms with Crippen LogP contribution in [-0.2, 0) is 0 Å². The van der Waals surface area contributed by atoms with Crippen LogP contribution >= 0.6 is 0 Å². The number of fused-ring (bicyclic) bond motifs is 2. The third kappa shape index (κ3) is 1.85. The summed E-state index contributed by atoms with van der Waals surface area (Å²) < 4.78 is 1.75. The number of carbonyl (C=O) groups excluding carboxylic acids is 1. The Kier molecular flexibility index (Phi) is 2.49. The van der Waals surface area contributed by atoms with Gasteiger partial charge in [-0.3, -0.25) is 0 Å². The zero-order valence-corrected chi connectivity index (χ0v) is 11.3. The van der Waals surface area contributed by atoms with E-state index >= 15 is 0 Å². The first kappa shape index (κ1) is 11.8. The van der Waals surface area contributed by atoms with Crippen LogP contribution in [0, 0.1) is 11.3 Å². The van der Waals surface area contributed by atoms with Crippen LogP contribution < -0.4 is 10.6 Å². The topological polar surface area (TPSA) is 58.4 Å². The zero-order valence-electron chi connectivity index (χ0n) is 11.3. The largest absolute Gasteiger partial charge is 0.337 e. The van der Waals surface area contributed by atoms with Gasteiger partial charge in [0, 0.05) is 12.7 Å². The maximum atomic E-state index is 12.0. The van der Waals surface area contributed by atoms with Crippen molar-refractivity contribution in [3.05, 3.63) is 30.6 Å². The number of nitrogens with one attached hydrogen (secondary N) is 2. The van der Waals surface area contributed by atoms with Crippen LogP contribution in [0.4, 0.5) is 10.5 Å². The Balaban J connectivity index is 1.41. The Labute approximate surface area is 117 Å². The first-order valence-electron chi connectivity index (χ1n) is 7.24. The molecule has 2 aromatic rings. The van der Waals surface area contributed by atoms with Crippen molar-refractivity contribution in [2.75, 3.05) is 11.9 Å². The number of amides is 2. The van der Waals surface area contributed by atoms with Crippen LogP contribution in [0.15, 0.2) is 30.6 Å². The van der Waals surface area contributed by atoms with E-state index in [9.17, 15) is 4.79 Å². The van der Waals surface area contributed by atoms with Crippen LogP contribution in [0.25, 0.3) is 5.52 Å². The molecule has 0 aliphatic heterocycles. The number of anilines is 1. The number of hydrogen-bond acceptors (Lipinski definition) is 2. The molecule has 2 aromatic heterocycles. The van der Waals surface area contributed by atoms with Crippen molar-refractivity contribution in [3.8, 4) is 0 Å². The standard InChI is InChI=1S/C15H18N4O/c20-14(16-10-15-6-1-3-11(15)9-15)18-12-4-2-8-19-13(12)5-7-17-19/h2,4-5,7-8,11H,1,3,6,9-10H2,(H2,16,18,20)/t11-,15+/m1/s1. The Morgan fingerprint density at radius 3 is 3.25 bits per heavy atom. The molecule has 0 radical (unpaired) electrons. The van der Waals surface area contributed by atoms with Gasteiger partial charge in [-0.1, -0.05) is 6.42 Å². The molecule has 2 aliphatic carbocycles. The van der Waals surface area contributed by atoms with E-state index in [-0.39, 0.29) is 6.03 Å². The van der Waals surface area contributed by atoms with Gasteiger partial charge in [0.15, 0.2) is 0 Å². The van der Waals surface area contributed by atoms with Gasteiger partial charge < -0.3 is 10.6 Å². The summed E-state index contributed by atoms with van der Waals surface area (Å²) in [6, 6.07) is 5.54. The molecule has 0 bridgehead atoms. The van der Waals surface area contributed by atoms with E-state index in [1.165, 1.54) is 25.7 Å². The van der Waals surface area contributed by atoms with Gasteiger partial charge >= 0.3 is 6.03 Å². The van der Waals surface area contributed by atoms with E-state index in [2.05, 4.69) is 15.7 Å². The highest BCUT2D eigenvalue weighted by molar-refractivity contribution is 5.93. The van der Waals surface area contributed by atoms with Crippen molar-refractivity contribution in [1.82, 2.24) is 14.9 Å². The summed E-state index contributed by atoms with van der Waals surface area (Å²) in [7, 11) is 0. The van der Waals surface area contributed by atoms with E-state index < -0.39 is 0 Å². The zero-order chi connectivity index (χ0) is 13.6. The average molecular weight is 270 g/mol. The minimum atomic E-state index is -0.119. The molecule has 5 nitrogen and oxygen atoms in total. The number of pyridine rings is 1. The second kappa shape index (κ2) is 4.23. The lowest BCUT2D eigenvalue weighted by atomic mass is 10.0. The maximum Gasteiger partial charge on any atom is 0.319 e. The highest BCUT2D eigenvalue weighted by Gasteiger charge is 2.56. The third-order valence-corrected chi connectivity index (χ3v) is 4.87. The predicted octanol–water partition coefficient (Wildman–Crippen LogP) is 2.65. The number of aromatic nitrogens is 2. The summed E-state index contributed by atoms with van der Waals surface area (Å²) in [6.45, 7) is 0.811. The number of hydrogen-bond donors (Lipinski definition) is 2. The molecule has 0 spiro atoms. The summed E-state index contributed by atoms with van der Waals surface area (Å²) in [6.07, 6.45) is 8.83. The fourth-order valence-corrected chi connectivity index (χ4v) is 3.63. The van der Waals surface area contributed by atoms with Crippen molar-refractivity contribution in [1.29, 1.82) is 0 Å². The Morgan fingerprint density at radius 1 is 1.50 bits per heavy atom. The summed E-state index contributed by atoms with van der Waals surface area (Å²) in [5.41, 5.74) is 2.13. The van der Waals surface area contributed by atoms with Crippen molar-refractivity contribution in [2.45, 2.75) is 25.7 Å². The van der Waals surface area contributed by atoms with Gasteiger partial charge in [0.25, 0.3) is 0 Å². The molecule has 2 amide bonds. The van der Waals surface area contributed by atoms with E-state index in [0.717, 1.165) is 23.7 Å². The number of nitrogens with zero attached hydrogens (tertiary/aromatic N) is 2. The molecule has 2 atom stereocenters. The first-order chi connectivity index (χ1) is 9.77. The van der Waals surface area contributed by atoms with E-state index in [1.54, 1.807) is 10.7 Å². The minimum Gasteiger partial charge on any atom is -0.337 e. The van der Waals surface area contributed by atoms with Crippen LogP contribution in [-0.4, -0.2) is 22.2 Å². The fraction of sp³-hybridized carbons (Fsp3) is 0.467. The molecule has 2 aliphatic rings. The minimum absolute atomic E-state index is 0.119. The molecule has 0 aromatic carbocycles. The van der Waals surface area contributed by atoms with Gasteiger partial charge in [-0.15, -0.1) is 0 Å². The first-order valence-corrected chi connectivity index (χ1v) is 7.24. The van der Waals surface area contributed by atoms with Crippen LogP contribution in [0.1, 0.15) is 25.7 Å². The Bertz CT molecular complexity index is 665. The molecule has 5 heteroatoms. The average Bonchev–Trinajstić information content (AvgIpc) is 2.82. The van der Waals surface area contributed by atoms with Crippen LogP contribution in [0.5, 0.6) is 0 Å². The normalized spacial score (nSPS) is 27.3. The molecule has 20 heavy (non-hydrogen) atoms.